The lowest BCUT2D eigenvalue weighted by molar-refractivity contribution is 0.0600. The van der Waals surface area contributed by atoms with Crippen LogP contribution in [0.4, 0.5) is 17.2 Å². The molecule has 0 saturated carbocycles. The number of nitrogens with one attached hydrogen (secondary N) is 2. The van der Waals surface area contributed by atoms with Crippen molar-refractivity contribution in [2.75, 3.05) is 24.4 Å². The zero-order valence-corrected chi connectivity index (χ0v) is 16.1. The number of carbonyl (C=O) groups excluding carboxylic acids is 2. The lowest BCUT2D eigenvalue weighted by Crippen LogP contribution is -2.12. The van der Waals surface area contributed by atoms with Crippen LogP contribution in [0, 0.1) is 0 Å². The number of nitrogens with zero attached hydrogens (tertiary/aromatic N) is 1. The number of amides is 1. The largest absolute Gasteiger partial charge is 0.494 e. The molecule has 7 heteroatoms. The van der Waals surface area contributed by atoms with Crippen molar-refractivity contribution >= 4 is 29.1 Å². The van der Waals surface area contributed by atoms with Gasteiger partial charge >= 0.3 is 5.97 Å². The molecule has 2 N–H and O–H groups in total. The van der Waals surface area contributed by atoms with Gasteiger partial charge in [0, 0.05) is 17.6 Å². The van der Waals surface area contributed by atoms with Crippen molar-refractivity contribution < 1.29 is 19.1 Å². The number of hydrogen-bond acceptors (Lipinski definition) is 6. The van der Waals surface area contributed by atoms with Crippen molar-refractivity contribution in [3.63, 3.8) is 0 Å². The summed E-state index contributed by atoms with van der Waals surface area (Å²) in [6, 6.07) is 17.4. The van der Waals surface area contributed by atoms with E-state index in [4.69, 9.17) is 9.47 Å². The predicted molar refractivity (Wildman–Crippen MR) is 111 cm³/mol. The van der Waals surface area contributed by atoms with Crippen LogP contribution in [0.15, 0.2) is 66.9 Å². The van der Waals surface area contributed by atoms with E-state index in [1.807, 2.05) is 6.92 Å². The molecule has 0 aliphatic rings. The van der Waals surface area contributed by atoms with E-state index >= 15 is 0 Å². The number of esters is 1. The summed E-state index contributed by atoms with van der Waals surface area (Å²) in [6.07, 6.45) is 1.48. The minimum absolute atomic E-state index is 0.263. The zero-order chi connectivity index (χ0) is 20.6. The van der Waals surface area contributed by atoms with Crippen molar-refractivity contribution in [2.24, 2.45) is 0 Å². The van der Waals surface area contributed by atoms with Crippen LogP contribution in [-0.4, -0.2) is 30.6 Å². The molecule has 0 aliphatic carbocycles. The molecule has 0 aliphatic heterocycles. The Morgan fingerprint density at radius 3 is 2.41 bits per heavy atom. The number of anilines is 3. The number of pyridine rings is 1. The van der Waals surface area contributed by atoms with Gasteiger partial charge in [-0.1, -0.05) is 6.07 Å². The van der Waals surface area contributed by atoms with Gasteiger partial charge < -0.3 is 20.1 Å². The van der Waals surface area contributed by atoms with Gasteiger partial charge in [0.05, 0.1) is 24.8 Å². The van der Waals surface area contributed by atoms with Crippen molar-refractivity contribution in [2.45, 2.75) is 6.92 Å². The van der Waals surface area contributed by atoms with E-state index in [9.17, 15) is 9.59 Å². The Bertz CT molecular complexity index is 986. The normalized spacial score (nSPS) is 10.1. The molecule has 2 aromatic carbocycles. The summed E-state index contributed by atoms with van der Waals surface area (Å²) in [5, 5.41) is 5.91. The Kier molecular flexibility index (Phi) is 6.42. The fourth-order valence-corrected chi connectivity index (χ4v) is 2.60. The third-order valence-electron chi connectivity index (χ3n) is 4.00. The summed E-state index contributed by atoms with van der Waals surface area (Å²) in [5.74, 6) is 0.618. The van der Waals surface area contributed by atoms with Gasteiger partial charge in [-0.3, -0.25) is 4.79 Å². The lowest BCUT2D eigenvalue weighted by atomic mass is 10.2. The van der Waals surface area contributed by atoms with Crippen molar-refractivity contribution in [1.82, 2.24) is 4.98 Å². The third kappa shape index (κ3) is 5.32. The predicted octanol–water partition coefficient (Wildman–Crippen LogP) is 4.26. The molecule has 29 heavy (non-hydrogen) atoms. The molecule has 0 spiro atoms. The summed E-state index contributed by atoms with van der Waals surface area (Å²) >= 11 is 0. The summed E-state index contributed by atoms with van der Waals surface area (Å²) in [7, 11) is 1.33. The van der Waals surface area contributed by atoms with Gasteiger partial charge in [-0.15, -0.1) is 0 Å². The van der Waals surface area contributed by atoms with Crippen LogP contribution in [-0.2, 0) is 4.74 Å². The van der Waals surface area contributed by atoms with Gasteiger partial charge in [0.2, 0.25) is 0 Å². The second-order valence-corrected chi connectivity index (χ2v) is 6.04. The Hall–Kier alpha value is -3.87. The first-order chi connectivity index (χ1) is 14.1. The van der Waals surface area contributed by atoms with Gasteiger partial charge in [-0.25, -0.2) is 9.78 Å². The van der Waals surface area contributed by atoms with Gasteiger partial charge in [0.25, 0.3) is 5.91 Å². The Labute approximate surface area is 168 Å². The molecule has 0 atom stereocenters. The second-order valence-electron chi connectivity index (χ2n) is 6.04. The van der Waals surface area contributed by atoms with Gasteiger partial charge in [0.1, 0.15) is 11.6 Å². The summed E-state index contributed by atoms with van der Waals surface area (Å²) in [4.78, 5) is 28.3. The standard InChI is InChI=1S/C22H21N3O4/c1-3-29-19-10-8-17(9-11-19)25-21(26)16-7-12-20(23-14-16)24-18-6-4-5-15(13-18)22(27)28-2/h4-14H,3H2,1-2H3,(H,23,24)(H,25,26). The van der Waals surface area contributed by atoms with E-state index in [1.165, 1.54) is 13.3 Å². The summed E-state index contributed by atoms with van der Waals surface area (Å²) < 4.78 is 10.1. The van der Waals surface area contributed by atoms with Crippen molar-refractivity contribution in [3.05, 3.63) is 78.0 Å². The monoisotopic (exact) mass is 391 g/mol. The van der Waals surface area contributed by atoms with Crippen LogP contribution < -0.4 is 15.4 Å². The van der Waals surface area contributed by atoms with E-state index in [2.05, 4.69) is 15.6 Å². The maximum Gasteiger partial charge on any atom is 0.337 e. The number of aromatic nitrogens is 1. The fourth-order valence-electron chi connectivity index (χ4n) is 2.60. The SMILES string of the molecule is CCOc1ccc(NC(=O)c2ccc(Nc3cccc(C(=O)OC)c3)nc2)cc1. The third-order valence-corrected chi connectivity index (χ3v) is 4.00. The molecule has 3 rings (SSSR count). The molecule has 1 aromatic heterocycles. The minimum atomic E-state index is -0.414. The van der Waals surface area contributed by atoms with E-state index in [0.29, 0.717) is 34.9 Å². The number of ether oxygens (including phenoxy) is 2. The minimum Gasteiger partial charge on any atom is -0.494 e. The van der Waals surface area contributed by atoms with E-state index in [0.717, 1.165) is 5.75 Å². The average molecular weight is 391 g/mol. The van der Waals surface area contributed by atoms with Crippen LogP contribution in [0.5, 0.6) is 5.75 Å². The molecule has 0 saturated heterocycles. The maximum atomic E-state index is 12.4. The first kappa shape index (κ1) is 19.9. The second kappa shape index (κ2) is 9.36. The molecule has 1 heterocycles. The molecule has 1 amide bonds. The number of hydrogen-bond donors (Lipinski definition) is 2. The highest BCUT2D eigenvalue weighted by Gasteiger charge is 2.09. The first-order valence-corrected chi connectivity index (χ1v) is 9.04. The quantitative estimate of drug-likeness (QED) is 0.585. The molecule has 3 aromatic rings. The average Bonchev–Trinajstić information content (AvgIpc) is 2.75. The number of carbonyl (C=O) groups is 2. The Morgan fingerprint density at radius 2 is 1.76 bits per heavy atom. The van der Waals surface area contributed by atoms with E-state index in [1.54, 1.807) is 60.7 Å². The number of benzene rings is 2. The first-order valence-electron chi connectivity index (χ1n) is 9.04. The molecule has 0 bridgehead atoms. The smallest absolute Gasteiger partial charge is 0.337 e. The van der Waals surface area contributed by atoms with Gasteiger partial charge in [-0.05, 0) is 61.5 Å². The summed E-state index contributed by atoms with van der Waals surface area (Å²) in [5.41, 5.74) is 2.21. The zero-order valence-electron chi connectivity index (χ0n) is 16.1. The topological polar surface area (TPSA) is 89.6 Å². The number of rotatable bonds is 7. The Balaban J connectivity index is 1.63. The summed E-state index contributed by atoms with van der Waals surface area (Å²) in [6.45, 7) is 2.50. The van der Waals surface area contributed by atoms with Crippen LogP contribution in [0.3, 0.4) is 0 Å². The van der Waals surface area contributed by atoms with Crippen molar-refractivity contribution in [1.29, 1.82) is 0 Å². The molecular weight excluding hydrogens is 370 g/mol. The maximum absolute atomic E-state index is 12.4. The highest BCUT2D eigenvalue weighted by atomic mass is 16.5. The van der Waals surface area contributed by atoms with Crippen molar-refractivity contribution in [3.8, 4) is 5.75 Å². The lowest BCUT2D eigenvalue weighted by Gasteiger charge is -2.09. The molecule has 0 radical (unpaired) electrons. The number of methoxy groups -OCH3 is 1. The van der Waals surface area contributed by atoms with Gasteiger partial charge in [0.15, 0.2) is 0 Å². The molecule has 0 fully saturated rings. The van der Waals surface area contributed by atoms with Crippen LogP contribution in [0.2, 0.25) is 0 Å². The Morgan fingerprint density at radius 1 is 0.966 bits per heavy atom. The van der Waals surface area contributed by atoms with Crippen LogP contribution in [0.1, 0.15) is 27.6 Å². The highest BCUT2D eigenvalue weighted by Crippen LogP contribution is 2.19. The molecule has 148 valence electrons. The molecular formula is C22H21N3O4. The van der Waals surface area contributed by atoms with E-state index in [-0.39, 0.29) is 5.91 Å². The van der Waals surface area contributed by atoms with Crippen LogP contribution in [0.25, 0.3) is 0 Å². The molecule has 7 nitrogen and oxygen atoms in total. The van der Waals surface area contributed by atoms with Crippen LogP contribution >= 0.6 is 0 Å². The van der Waals surface area contributed by atoms with E-state index < -0.39 is 5.97 Å². The fraction of sp³-hybridized carbons (Fsp3) is 0.136. The highest BCUT2D eigenvalue weighted by molar-refractivity contribution is 6.04. The van der Waals surface area contributed by atoms with Gasteiger partial charge in [-0.2, -0.15) is 0 Å². The molecule has 0 unspecified atom stereocenters.